The maximum absolute atomic E-state index is 12.9. The molecule has 0 rings (SSSR count). The molecular formula is C54H106N2O6P+. The largest absolute Gasteiger partial charge is 0.472 e. The molecule has 0 aliphatic rings. The normalized spacial score (nSPS) is 14.3. The Hall–Kier alpha value is -1.28. The third-order valence-electron chi connectivity index (χ3n) is 12.1. The summed E-state index contributed by atoms with van der Waals surface area (Å²) < 4.78 is 23.7. The van der Waals surface area contributed by atoms with E-state index in [0.29, 0.717) is 17.4 Å². The molecule has 63 heavy (non-hydrogen) atoms. The number of allylic oxidation sites excluding steroid dienone is 5. The third-order valence-corrected chi connectivity index (χ3v) is 13.1. The quantitative estimate of drug-likeness (QED) is 0.0243. The van der Waals surface area contributed by atoms with Gasteiger partial charge in [0.1, 0.15) is 13.2 Å². The Morgan fingerprint density at radius 3 is 1.27 bits per heavy atom. The van der Waals surface area contributed by atoms with Crippen LogP contribution in [0.15, 0.2) is 36.5 Å². The van der Waals surface area contributed by atoms with Gasteiger partial charge in [-0.1, -0.05) is 224 Å². The second-order valence-corrected chi connectivity index (χ2v) is 21.0. The molecule has 0 aliphatic carbocycles. The summed E-state index contributed by atoms with van der Waals surface area (Å²) in [7, 11) is 1.56. The summed E-state index contributed by atoms with van der Waals surface area (Å²) in [5, 5.41) is 13.9. The van der Waals surface area contributed by atoms with Gasteiger partial charge in [0.2, 0.25) is 5.91 Å². The molecule has 8 nitrogen and oxygen atoms in total. The average molecular weight is 910 g/mol. The molecule has 0 heterocycles. The number of aliphatic hydroxyl groups excluding tert-OH is 1. The van der Waals surface area contributed by atoms with Gasteiger partial charge in [-0.25, -0.2) is 4.57 Å². The van der Waals surface area contributed by atoms with Crippen molar-refractivity contribution in [3.8, 4) is 0 Å². The van der Waals surface area contributed by atoms with Crippen LogP contribution in [-0.2, 0) is 18.4 Å². The Morgan fingerprint density at radius 1 is 0.524 bits per heavy atom. The number of quaternary nitrogens is 1. The summed E-state index contributed by atoms with van der Waals surface area (Å²) in [5.74, 6) is -0.187. The third kappa shape index (κ3) is 48.5. The van der Waals surface area contributed by atoms with Crippen LogP contribution >= 0.6 is 7.82 Å². The standard InChI is InChI=1S/C54H105N2O6P/c1-6-8-10-12-14-16-18-20-22-24-26-27-28-30-31-33-35-37-39-41-43-45-47-53(57)52(51-62-63(59,60)61-50-49-56(3,4)5)55-54(58)48-46-44-42-40-38-36-34-32-29-25-23-21-19-17-15-13-11-9-7-2/h21,23,37,39,45,47,52-53,57H,6-20,22,24-36,38,40-44,46,48-51H2,1-5H3,(H-,55,58,59,60)/p+1/b23-21-,39-37+,47-45+. The van der Waals surface area contributed by atoms with E-state index in [1.54, 1.807) is 6.08 Å². The number of phosphoric acid groups is 1. The predicted octanol–water partition coefficient (Wildman–Crippen LogP) is 15.8. The molecule has 3 N–H and O–H groups in total. The molecule has 372 valence electrons. The average Bonchev–Trinajstić information content (AvgIpc) is 3.24. The van der Waals surface area contributed by atoms with Gasteiger partial charge in [-0.15, -0.1) is 0 Å². The number of carbonyl (C=O) groups excluding carboxylic acids is 1. The molecule has 0 saturated heterocycles. The van der Waals surface area contributed by atoms with E-state index >= 15 is 0 Å². The van der Waals surface area contributed by atoms with E-state index in [4.69, 9.17) is 9.05 Å². The topological polar surface area (TPSA) is 105 Å². The van der Waals surface area contributed by atoms with Crippen LogP contribution < -0.4 is 5.32 Å². The number of carbonyl (C=O) groups is 1. The number of aliphatic hydroxyl groups is 1. The summed E-state index contributed by atoms with van der Waals surface area (Å²) in [6, 6.07) is -0.863. The number of likely N-dealkylation sites (N-methyl/N-ethyl adjacent to an activating group) is 1. The zero-order valence-corrected chi connectivity index (χ0v) is 43.2. The van der Waals surface area contributed by atoms with E-state index in [1.165, 1.54) is 193 Å². The lowest BCUT2D eigenvalue weighted by Crippen LogP contribution is -2.45. The summed E-state index contributed by atoms with van der Waals surface area (Å²) in [6.07, 6.45) is 58.0. The molecule has 0 fully saturated rings. The molecule has 0 spiro atoms. The van der Waals surface area contributed by atoms with Gasteiger partial charge < -0.3 is 19.8 Å². The zero-order valence-electron chi connectivity index (χ0n) is 42.3. The van der Waals surface area contributed by atoms with Crippen molar-refractivity contribution in [3.05, 3.63) is 36.5 Å². The Labute approximate surface area is 391 Å². The van der Waals surface area contributed by atoms with Crippen molar-refractivity contribution in [2.75, 3.05) is 40.9 Å². The lowest BCUT2D eigenvalue weighted by Gasteiger charge is -2.25. The van der Waals surface area contributed by atoms with Crippen molar-refractivity contribution in [1.82, 2.24) is 5.32 Å². The molecule has 0 aliphatic heterocycles. The van der Waals surface area contributed by atoms with Gasteiger partial charge in [-0.3, -0.25) is 13.8 Å². The molecule has 0 aromatic heterocycles. The highest BCUT2D eigenvalue weighted by atomic mass is 31.2. The van der Waals surface area contributed by atoms with Gasteiger partial charge in [-0.05, 0) is 57.8 Å². The molecule has 1 amide bonds. The smallest absolute Gasteiger partial charge is 0.387 e. The van der Waals surface area contributed by atoms with E-state index in [0.717, 1.165) is 38.5 Å². The second-order valence-electron chi connectivity index (χ2n) is 19.6. The molecule has 3 atom stereocenters. The minimum atomic E-state index is -4.35. The summed E-state index contributed by atoms with van der Waals surface area (Å²) in [6.45, 7) is 4.81. The summed E-state index contributed by atoms with van der Waals surface area (Å²) >= 11 is 0. The van der Waals surface area contributed by atoms with Crippen molar-refractivity contribution in [1.29, 1.82) is 0 Å². The zero-order chi connectivity index (χ0) is 46.4. The van der Waals surface area contributed by atoms with Crippen LogP contribution in [0.5, 0.6) is 0 Å². The lowest BCUT2D eigenvalue weighted by molar-refractivity contribution is -0.870. The Bertz CT molecular complexity index is 1120. The number of nitrogens with zero attached hydrogens (tertiary/aromatic N) is 1. The van der Waals surface area contributed by atoms with Crippen molar-refractivity contribution in [2.45, 2.75) is 264 Å². The molecule has 3 unspecified atom stereocenters. The fourth-order valence-electron chi connectivity index (χ4n) is 7.82. The Kier molecular flexibility index (Phi) is 44.9. The van der Waals surface area contributed by atoms with Crippen LogP contribution in [0.4, 0.5) is 0 Å². The fourth-order valence-corrected chi connectivity index (χ4v) is 8.55. The molecular weight excluding hydrogens is 804 g/mol. The summed E-state index contributed by atoms with van der Waals surface area (Å²) in [4.78, 5) is 23.2. The maximum Gasteiger partial charge on any atom is 0.472 e. The van der Waals surface area contributed by atoms with Gasteiger partial charge >= 0.3 is 7.82 Å². The molecule has 0 bridgehead atoms. The molecule has 0 aromatic carbocycles. The number of hydrogen-bond acceptors (Lipinski definition) is 5. The highest BCUT2D eigenvalue weighted by Gasteiger charge is 2.27. The van der Waals surface area contributed by atoms with E-state index in [9.17, 15) is 19.4 Å². The first-order valence-electron chi connectivity index (χ1n) is 26.9. The van der Waals surface area contributed by atoms with Gasteiger partial charge in [-0.2, -0.15) is 0 Å². The van der Waals surface area contributed by atoms with Crippen LogP contribution in [0, 0.1) is 0 Å². The Morgan fingerprint density at radius 2 is 0.873 bits per heavy atom. The number of amides is 1. The SMILES string of the molecule is CCCCCCCC/C=C\CCCCCCCCCCCC(=O)NC(COP(=O)(O)OCC[N+](C)(C)C)C(O)/C=C/CC/C=C/CCCCCCCCCCCCCCCCCC. The van der Waals surface area contributed by atoms with Crippen LogP contribution in [0.2, 0.25) is 0 Å². The van der Waals surface area contributed by atoms with Crippen LogP contribution in [0.1, 0.15) is 251 Å². The van der Waals surface area contributed by atoms with E-state index in [1.807, 2.05) is 27.2 Å². The second kappa shape index (κ2) is 45.9. The maximum atomic E-state index is 12.9. The van der Waals surface area contributed by atoms with Crippen molar-refractivity contribution >= 4 is 13.7 Å². The van der Waals surface area contributed by atoms with Crippen LogP contribution in [0.25, 0.3) is 0 Å². The molecule has 0 saturated carbocycles. The summed E-state index contributed by atoms with van der Waals surface area (Å²) in [5.41, 5.74) is 0. The van der Waals surface area contributed by atoms with E-state index in [2.05, 4.69) is 43.5 Å². The number of nitrogens with one attached hydrogen (secondary N) is 1. The number of unbranched alkanes of at least 4 members (excludes halogenated alkanes) is 32. The van der Waals surface area contributed by atoms with E-state index < -0.39 is 20.0 Å². The van der Waals surface area contributed by atoms with Crippen LogP contribution in [0.3, 0.4) is 0 Å². The fraction of sp³-hybridized carbons (Fsp3) is 0.870. The first kappa shape index (κ1) is 61.7. The van der Waals surface area contributed by atoms with Gasteiger partial charge in [0.25, 0.3) is 0 Å². The number of rotatable bonds is 49. The van der Waals surface area contributed by atoms with Gasteiger partial charge in [0.15, 0.2) is 0 Å². The van der Waals surface area contributed by atoms with E-state index in [-0.39, 0.29) is 19.1 Å². The van der Waals surface area contributed by atoms with Gasteiger partial charge in [0.05, 0.1) is 39.9 Å². The van der Waals surface area contributed by atoms with Crippen molar-refractivity contribution < 1.29 is 32.9 Å². The van der Waals surface area contributed by atoms with Crippen molar-refractivity contribution in [2.24, 2.45) is 0 Å². The van der Waals surface area contributed by atoms with Crippen LogP contribution in [-0.4, -0.2) is 73.4 Å². The molecule has 0 radical (unpaired) electrons. The predicted molar refractivity (Wildman–Crippen MR) is 272 cm³/mol. The first-order valence-corrected chi connectivity index (χ1v) is 28.4. The minimum Gasteiger partial charge on any atom is -0.387 e. The molecule has 9 heteroatoms. The minimum absolute atomic E-state index is 0.0563. The van der Waals surface area contributed by atoms with Crippen molar-refractivity contribution in [3.63, 3.8) is 0 Å². The van der Waals surface area contributed by atoms with Gasteiger partial charge in [0, 0.05) is 6.42 Å². The highest BCUT2D eigenvalue weighted by molar-refractivity contribution is 7.47. The molecule has 0 aromatic rings. The highest BCUT2D eigenvalue weighted by Crippen LogP contribution is 2.43. The Balaban J connectivity index is 4.32. The number of phosphoric ester groups is 1. The number of hydrogen-bond donors (Lipinski definition) is 3. The lowest BCUT2D eigenvalue weighted by atomic mass is 10.0. The first-order chi connectivity index (χ1) is 30.5. The monoisotopic (exact) mass is 910 g/mol.